The zero-order valence-corrected chi connectivity index (χ0v) is 24.4. The van der Waals surface area contributed by atoms with Gasteiger partial charge in [-0.05, 0) is 60.2 Å². The van der Waals surface area contributed by atoms with Gasteiger partial charge in [-0.15, -0.1) is 0 Å². The molecule has 0 aliphatic rings. The van der Waals surface area contributed by atoms with Crippen LogP contribution >= 0.6 is 0 Å². The molecule has 11 nitrogen and oxygen atoms in total. The van der Waals surface area contributed by atoms with Crippen molar-refractivity contribution in [2.45, 2.75) is 0 Å². The quantitative estimate of drug-likeness (QED) is 0.148. The molecule has 0 heterocycles. The topological polar surface area (TPSA) is 162 Å². The van der Waals surface area contributed by atoms with Crippen molar-refractivity contribution in [1.29, 1.82) is 10.5 Å². The summed E-state index contributed by atoms with van der Waals surface area (Å²) in [5.74, 6) is -0.701. The average molecular weight is 611 g/mol. The van der Waals surface area contributed by atoms with Crippen LogP contribution in [-0.2, 0) is 0 Å². The lowest BCUT2D eigenvalue weighted by molar-refractivity contribution is 0.248. The van der Waals surface area contributed by atoms with Crippen molar-refractivity contribution in [1.82, 2.24) is 0 Å². The molecule has 0 fully saturated rings. The van der Waals surface area contributed by atoms with Crippen molar-refractivity contribution in [2.75, 3.05) is 27.8 Å². The summed E-state index contributed by atoms with van der Waals surface area (Å²) >= 11 is 0. The van der Waals surface area contributed by atoms with Gasteiger partial charge in [-0.3, -0.25) is 0 Å². The molecule has 0 bridgehead atoms. The van der Waals surface area contributed by atoms with Gasteiger partial charge >= 0.3 is 12.1 Å². The minimum Gasteiger partial charge on any atom is -0.506 e. The molecule has 5 aromatic carbocycles. The minimum atomic E-state index is -0.945. The Morgan fingerprint density at radius 3 is 1.65 bits per heavy atom. The largest absolute Gasteiger partial charge is 0.506 e. The number of nitrogens with one attached hydrogen (secondary N) is 2. The molecular formula is C35H26N6O5. The number of ether oxygens (including phenoxy) is 1. The van der Waals surface area contributed by atoms with Gasteiger partial charge in [0.25, 0.3) is 0 Å². The Kier molecular flexibility index (Phi) is 8.97. The number of urea groups is 2. The van der Waals surface area contributed by atoms with Crippen LogP contribution in [0.25, 0.3) is 11.1 Å². The van der Waals surface area contributed by atoms with Crippen molar-refractivity contribution in [3.05, 3.63) is 126 Å². The molecule has 0 saturated heterocycles. The summed E-state index contributed by atoms with van der Waals surface area (Å²) in [5.41, 5.74) is 1.89. The summed E-state index contributed by atoms with van der Waals surface area (Å²) in [6.45, 7) is 0. The summed E-state index contributed by atoms with van der Waals surface area (Å²) in [6.07, 6.45) is 0. The second kappa shape index (κ2) is 13.5. The van der Waals surface area contributed by atoms with E-state index >= 15 is 0 Å². The molecule has 226 valence electrons. The van der Waals surface area contributed by atoms with E-state index in [9.17, 15) is 30.3 Å². The molecule has 4 amide bonds. The van der Waals surface area contributed by atoms with Gasteiger partial charge in [-0.2, -0.15) is 20.5 Å². The van der Waals surface area contributed by atoms with Gasteiger partial charge in [0.15, 0.2) is 0 Å². The number of amides is 4. The van der Waals surface area contributed by atoms with E-state index in [0.717, 1.165) is 27.7 Å². The second-order valence-corrected chi connectivity index (χ2v) is 9.73. The maximum absolute atomic E-state index is 14.4. The number of phenols is 2. The maximum Gasteiger partial charge on any atom is 0.346 e. The molecule has 46 heavy (non-hydrogen) atoms. The fourth-order valence-corrected chi connectivity index (χ4v) is 4.71. The smallest absolute Gasteiger partial charge is 0.346 e. The van der Waals surface area contributed by atoms with Crippen molar-refractivity contribution < 1.29 is 24.5 Å². The first-order valence-electron chi connectivity index (χ1n) is 13.8. The lowest BCUT2D eigenvalue weighted by Gasteiger charge is -2.35. The van der Waals surface area contributed by atoms with E-state index in [0.29, 0.717) is 17.0 Å². The fraction of sp³-hybridized carbons (Fsp3) is 0.0286. The van der Waals surface area contributed by atoms with Crippen LogP contribution in [0.4, 0.5) is 32.3 Å². The lowest BCUT2D eigenvalue weighted by Crippen LogP contribution is -2.54. The summed E-state index contributed by atoms with van der Waals surface area (Å²) in [6, 6.07) is 32.5. The number of carbonyl (C=O) groups excluding carboxylic acids is 2. The van der Waals surface area contributed by atoms with Gasteiger partial charge in [-0.25, -0.2) is 9.59 Å². The molecule has 0 unspecified atom stereocenters. The number of hydrazine groups is 1. The number of nitrogens with zero attached hydrogens (tertiary/aromatic N) is 4. The van der Waals surface area contributed by atoms with Gasteiger partial charge in [0.2, 0.25) is 0 Å². The van der Waals surface area contributed by atoms with Crippen LogP contribution in [0.2, 0.25) is 0 Å². The van der Waals surface area contributed by atoms with Gasteiger partial charge in [0.1, 0.15) is 28.6 Å². The predicted octanol–water partition coefficient (Wildman–Crippen LogP) is 7.21. The fourth-order valence-electron chi connectivity index (χ4n) is 4.71. The van der Waals surface area contributed by atoms with E-state index in [1.165, 1.54) is 31.4 Å². The molecule has 0 radical (unpaired) electrons. The Balaban J connectivity index is 1.69. The number of anilines is 4. The predicted molar refractivity (Wildman–Crippen MR) is 174 cm³/mol. The summed E-state index contributed by atoms with van der Waals surface area (Å²) < 4.78 is 5.37. The van der Waals surface area contributed by atoms with Crippen LogP contribution < -0.4 is 25.4 Å². The van der Waals surface area contributed by atoms with Gasteiger partial charge in [-0.1, -0.05) is 60.7 Å². The molecule has 5 rings (SSSR count). The van der Waals surface area contributed by atoms with E-state index in [1.54, 1.807) is 36.4 Å². The third-order valence-electron chi connectivity index (χ3n) is 6.85. The van der Waals surface area contributed by atoms with Crippen LogP contribution in [-0.4, -0.2) is 29.4 Å². The highest BCUT2D eigenvalue weighted by atomic mass is 16.5. The van der Waals surface area contributed by atoms with Gasteiger partial charge in [0, 0.05) is 5.56 Å². The van der Waals surface area contributed by atoms with E-state index in [-0.39, 0.29) is 28.2 Å². The van der Waals surface area contributed by atoms with Crippen molar-refractivity contribution in [2.24, 2.45) is 0 Å². The molecule has 0 aromatic heterocycles. The average Bonchev–Trinajstić information content (AvgIpc) is 3.08. The Labute approximate surface area is 264 Å². The van der Waals surface area contributed by atoms with Crippen molar-refractivity contribution >= 4 is 34.8 Å². The van der Waals surface area contributed by atoms with Gasteiger partial charge < -0.3 is 25.6 Å². The lowest BCUT2D eigenvalue weighted by atomic mass is 10.0. The number of para-hydroxylation sites is 3. The SMILES string of the molecule is COc1ccccc1NC(=O)N(c1ccc(C#N)cc1O)N(C(=O)Nc1ccccc1-c1ccccc1)c1ccc(C#N)cc1O. The maximum atomic E-state index is 14.4. The number of benzene rings is 5. The molecule has 0 aliphatic heterocycles. The number of carbonyl (C=O) groups is 2. The van der Waals surface area contributed by atoms with E-state index in [2.05, 4.69) is 10.6 Å². The Bertz CT molecular complexity index is 2000. The summed E-state index contributed by atoms with van der Waals surface area (Å²) in [7, 11) is 1.42. The van der Waals surface area contributed by atoms with Crippen LogP contribution in [0.1, 0.15) is 11.1 Å². The van der Waals surface area contributed by atoms with Crippen molar-refractivity contribution in [3.8, 4) is 40.5 Å². The first kappa shape index (κ1) is 30.5. The van der Waals surface area contributed by atoms with Crippen LogP contribution in [0, 0.1) is 22.7 Å². The zero-order chi connectivity index (χ0) is 32.6. The van der Waals surface area contributed by atoms with E-state index in [4.69, 9.17) is 4.74 Å². The first-order valence-corrected chi connectivity index (χ1v) is 13.8. The monoisotopic (exact) mass is 610 g/mol. The zero-order valence-electron chi connectivity index (χ0n) is 24.4. The molecule has 0 spiro atoms. The van der Waals surface area contributed by atoms with Crippen LogP contribution in [0.5, 0.6) is 17.2 Å². The summed E-state index contributed by atoms with van der Waals surface area (Å²) in [4.78, 5) is 28.6. The molecule has 4 N–H and O–H groups in total. The number of hydrogen-bond acceptors (Lipinski definition) is 7. The molecule has 11 heteroatoms. The first-order chi connectivity index (χ1) is 22.3. The Morgan fingerprint density at radius 1 is 0.652 bits per heavy atom. The molecule has 0 aliphatic carbocycles. The van der Waals surface area contributed by atoms with Crippen molar-refractivity contribution in [3.63, 3.8) is 0 Å². The van der Waals surface area contributed by atoms with E-state index in [1.807, 2.05) is 54.6 Å². The number of rotatable bonds is 6. The minimum absolute atomic E-state index is 0.0975. The third-order valence-corrected chi connectivity index (χ3v) is 6.85. The number of aromatic hydroxyl groups is 2. The number of nitriles is 2. The molecular weight excluding hydrogens is 584 g/mol. The number of phenolic OH excluding ortho intramolecular Hbond substituents is 2. The highest BCUT2D eigenvalue weighted by Gasteiger charge is 2.34. The summed E-state index contributed by atoms with van der Waals surface area (Å²) in [5, 5.41) is 48.1. The number of hydrogen-bond donors (Lipinski definition) is 4. The highest BCUT2D eigenvalue weighted by molar-refractivity contribution is 6.15. The number of methoxy groups -OCH3 is 1. The highest BCUT2D eigenvalue weighted by Crippen LogP contribution is 2.38. The van der Waals surface area contributed by atoms with Crippen LogP contribution in [0.15, 0.2) is 115 Å². The Hall–Kier alpha value is -6.98. The molecule has 5 aromatic rings. The second-order valence-electron chi connectivity index (χ2n) is 9.73. The normalized spacial score (nSPS) is 10.2. The third kappa shape index (κ3) is 6.34. The van der Waals surface area contributed by atoms with Gasteiger partial charge in [0.05, 0.1) is 41.7 Å². The standard InChI is InChI=1S/C35H26N6O5/c1-46-33-14-8-7-13-28(33)39-35(45)41(30-18-16-24(22-37)20-32(30)43)40(29-17-15-23(21-36)19-31(29)42)34(44)38-27-12-6-5-11-26(27)25-9-3-2-4-10-25/h2-20,42-43H,1H3,(H,38,44)(H,39,45). The Morgan fingerprint density at radius 2 is 1.13 bits per heavy atom. The van der Waals surface area contributed by atoms with Crippen LogP contribution in [0.3, 0.4) is 0 Å². The molecule has 0 saturated carbocycles. The molecule has 0 atom stereocenters. The van der Waals surface area contributed by atoms with E-state index < -0.39 is 23.6 Å².